The predicted octanol–water partition coefficient (Wildman–Crippen LogP) is 3.54. The maximum absolute atomic E-state index is 12.8. The summed E-state index contributed by atoms with van der Waals surface area (Å²) in [4.78, 5) is 14.7. The number of benzene rings is 2. The zero-order valence-electron chi connectivity index (χ0n) is 15.6. The number of carbonyl (C=O) groups is 1. The number of amides is 1. The number of sulfonamides is 1. The second-order valence-corrected chi connectivity index (χ2v) is 9.02. The number of nitrogens with zero attached hydrogens (tertiary/aromatic N) is 1. The molecule has 1 fully saturated rings. The molecule has 1 saturated heterocycles. The van der Waals surface area contributed by atoms with Gasteiger partial charge in [0.2, 0.25) is 10.0 Å². The highest BCUT2D eigenvalue weighted by Crippen LogP contribution is 2.23. The molecule has 0 aliphatic carbocycles. The van der Waals surface area contributed by atoms with Crippen molar-refractivity contribution in [3.8, 4) is 0 Å². The highest BCUT2D eigenvalue weighted by atomic mass is 32.2. The van der Waals surface area contributed by atoms with Gasteiger partial charge in [-0.15, -0.1) is 0 Å². The Bertz CT molecular complexity index is 873. The van der Waals surface area contributed by atoms with E-state index in [1.807, 2.05) is 11.0 Å². The molecule has 1 heterocycles. The van der Waals surface area contributed by atoms with Crippen molar-refractivity contribution in [3.05, 3.63) is 65.7 Å². The van der Waals surface area contributed by atoms with Crippen LogP contribution in [0.25, 0.3) is 0 Å². The van der Waals surface area contributed by atoms with Gasteiger partial charge in [0.05, 0.1) is 5.75 Å². The van der Waals surface area contributed by atoms with Gasteiger partial charge in [0.1, 0.15) is 0 Å². The Kier molecular flexibility index (Phi) is 6.16. The molecule has 1 N–H and O–H groups in total. The lowest BCUT2D eigenvalue weighted by atomic mass is 9.90. The summed E-state index contributed by atoms with van der Waals surface area (Å²) in [5.41, 5.74) is 2.30. The molecule has 0 radical (unpaired) electrons. The topological polar surface area (TPSA) is 66.5 Å². The lowest BCUT2D eigenvalue weighted by Gasteiger charge is -2.32. The second kappa shape index (κ2) is 8.57. The Hall–Kier alpha value is -2.34. The summed E-state index contributed by atoms with van der Waals surface area (Å²) in [6.07, 6.45) is 3.03. The number of piperidine rings is 1. The van der Waals surface area contributed by atoms with E-state index < -0.39 is 10.0 Å². The highest BCUT2D eigenvalue weighted by molar-refractivity contribution is 7.92. The number of hydrogen-bond donors (Lipinski definition) is 1. The molecule has 0 saturated carbocycles. The molecule has 0 bridgehead atoms. The molecule has 0 spiro atoms. The van der Waals surface area contributed by atoms with E-state index in [0.29, 0.717) is 17.2 Å². The average Bonchev–Trinajstić information content (AvgIpc) is 2.69. The Balaban J connectivity index is 1.59. The van der Waals surface area contributed by atoms with Crippen LogP contribution in [-0.2, 0) is 16.4 Å². The van der Waals surface area contributed by atoms with Gasteiger partial charge in [-0.05, 0) is 55.9 Å². The van der Waals surface area contributed by atoms with Gasteiger partial charge < -0.3 is 4.90 Å². The van der Waals surface area contributed by atoms with E-state index in [9.17, 15) is 13.2 Å². The van der Waals surface area contributed by atoms with Crippen molar-refractivity contribution in [1.29, 1.82) is 0 Å². The lowest BCUT2D eigenvalue weighted by Crippen LogP contribution is -2.38. The highest BCUT2D eigenvalue weighted by Gasteiger charge is 2.24. The van der Waals surface area contributed by atoms with Gasteiger partial charge in [0.25, 0.3) is 5.91 Å². The van der Waals surface area contributed by atoms with Gasteiger partial charge in [0.15, 0.2) is 0 Å². The Labute approximate surface area is 161 Å². The third-order valence-corrected chi connectivity index (χ3v) is 6.34. The predicted molar refractivity (Wildman–Crippen MR) is 108 cm³/mol. The lowest BCUT2D eigenvalue weighted by molar-refractivity contribution is 0.0690. The fourth-order valence-electron chi connectivity index (χ4n) is 3.44. The van der Waals surface area contributed by atoms with Crippen LogP contribution in [0.3, 0.4) is 0 Å². The third-order valence-electron chi connectivity index (χ3n) is 5.03. The van der Waals surface area contributed by atoms with Crippen LogP contribution in [0.4, 0.5) is 5.69 Å². The van der Waals surface area contributed by atoms with Crippen LogP contribution < -0.4 is 4.72 Å². The molecule has 2 aromatic rings. The van der Waals surface area contributed by atoms with Crippen molar-refractivity contribution in [2.24, 2.45) is 5.92 Å². The van der Waals surface area contributed by atoms with Crippen LogP contribution in [0.5, 0.6) is 0 Å². The van der Waals surface area contributed by atoms with Crippen LogP contribution in [0.1, 0.15) is 35.7 Å². The molecule has 3 rings (SSSR count). The largest absolute Gasteiger partial charge is 0.339 e. The summed E-state index contributed by atoms with van der Waals surface area (Å²) in [5, 5.41) is 0. The van der Waals surface area contributed by atoms with E-state index in [0.717, 1.165) is 32.4 Å². The van der Waals surface area contributed by atoms with Crippen LogP contribution in [0.2, 0.25) is 0 Å². The second-order valence-electron chi connectivity index (χ2n) is 7.01. The summed E-state index contributed by atoms with van der Waals surface area (Å²) < 4.78 is 26.0. The fraction of sp³-hybridized carbons (Fsp3) is 0.381. The number of nitrogens with one attached hydrogen (secondary N) is 1. The molecular formula is C21H26N2O3S. The van der Waals surface area contributed by atoms with E-state index in [4.69, 9.17) is 0 Å². The quantitative estimate of drug-likeness (QED) is 0.826. The molecule has 0 atom stereocenters. The van der Waals surface area contributed by atoms with Gasteiger partial charge in [-0.2, -0.15) is 0 Å². The fourth-order valence-corrected chi connectivity index (χ4v) is 4.07. The minimum absolute atomic E-state index is 0.000101. The standard InChI is InChI=1S/C21H26N2O3S/c1-2-27(25,26)22-20-10-6-9-19(16-20)21(24)23-13-11-18(12-14-23)15-17-7-4-3-5-8-17/h3-10,16,18,22H,2,11-15H2,1H3. The van der Waals surface area contributed by atoms with E-state index in [1.165, 1.54) is 5.56 Å². The van der Waals surface area contributed by atoms with Crippen molar-refractivity contribution < 1.29 is 13.2 Å². The summed E-state index contributed by atoms with van der Waals surface area (Å²) >= 11 is 0. The maximum Gasteiger partial charge on any atom is 0.253 e. The molecule has 27 heavy (non-hydrogen) atoms. The molecule has 1 aliphatic rings. The van der Waals surface area contributed by atoms with Crippen LogP contribution >= 0.6 is 0 Å². The SMILES string of the molecule is CCS(=O)(=O)Nc1cccc(C(=O)N2CCC(Cc3ccccc3)CC2)c1. The summed E-state index contributed by atoms with van der Waals surface area (Å²) in [6, 6.07) is 17.2. The van der Waals surface area contributed by atoms with E-state index in [2.05, 4.69) is 29.0 Å². The minimum Gasteiger partial charge on any atom is -0.339 e. The Morgan fingerprint density at radius 3 is 2.44 bits per heavy atom. The van der Waals surface area contributed by atoms with E-state index in [1.54, 1.807) is 31.2 Å². The summed E-state index contributed by atoms with van der Waals surface area (Å²) in [7, 11) is -3.35. The van der Waals surface area contributed by atoms with Crippen molar-refractivity contribution in [2.45, 2.75) is 26.2 Å². The number of likely N-dealkylation sites (tertiary alicyclic amines) is 1. The van der Waals surface area contributed by atoms with Crippen molar-refractivity contribution >= 4 is 21.6 Å². The van der Waals surface area contributed by atoms with Gasteiger partial charge >= 0.3 is 0 Å². The molecule has 0 unspecified atom stereocenters. The molecule has 1 amide bonds. The zero-order chi connectivity index (χ0) is 19.3. The molecule has 144 valence electrons. The van der Waals surface area contributed by atoms with Gasteiger partial charge in [-0.3, -0.25) is 9.52 Å². The minimum atomic E-state index is -3.35. The van der Waals surface area contributed by atoms with Crippen LogP contribution in [0, 0.1) is 5.92 Å². The zero-order valence-corrected chi connectivity index (χ0v) is 16.4. The first-order valence-electron chi connectivity index (χ1n) is 9.40. The monoisotopic (exact) mass is 386 g/mol. The van der Waals surface area contributed by atoms with Gasteiger partial charge in [-0.25, -0.2) is 8.42 Å². The maximum atomic E-state index is 12.8. The molecule has 0 aromatic heterocycles. The first-order chi connectivity index (χ1) is 13.0. The molecule has 5 nitrogen and oxygen atoms in total. The van der Waals surface area contributed by atoms with Crippen LogP contribution in [-0.4, -0.2) is 38.1 Å². The molecule has 1 aliphatic heterocycles. The third kappa shape index (κ3) is 5.32. The Morgan fingerprint density at radius 2 is 1.78 bits per heavy atom. The summed E-state index contributed by atoms with van der Waals surface area (Å²) in [5.74, 6) is 0.560. The van der Waals surface area contributed by atoms with Crippen LogP contribution in [0.15, 0.2) is 54.6 Å². The first kappa shape index (κ1) is 19.4. The van der Waals surface area contributed by atoms with E-state index >= 15 is 0 Å². The average molecular weight is 387 g/mol. The van der Waals surface area contributed by atoms with Gasteiger partial charge in [0, 0.05) is 24.3 Å². The normalized spacial score (nSPS) is 15.5. The number of anilines is 1. The van der Waals surface area contributed by atoms with Gasteiger partial charge in [-0.1, -0.05) is 36.4 Å². The molecular weight excluding hydrogens is 360 g/mol. The number of hydrogen-bond acceptors (Lipinski definition) is 3. The van der Waals surface area contributed by atoms with Crippen molar-refractivity contribution in [1.82, 2.24) is 4.90 Å². The number of rotatable bonds is 6. The van der Waals surface area contributed by atoms with Crippen molar-refractivity contribution in [2.75, 3.05) is 23.6 Å². The smallest absolute Gasteiger partial charge is 0.253 e. The Morgan fingerprint density at radius 1 is 1.07 bits per heavy atom. The molecule has 2 aromatic carbocycles. The number of carbonyl (C=O) groups excluding carboxylic acids is 1. The van der Waals surface area contributed by atoms with E-state index in [-0.39, 0.29) is 11.7 Å². The first-order valence-corrected chi connectivity index (χ1v) is 11.1. The molecule has 6 heteroatoms. The van der Waals surface area contributed by atoms with Crippen molar-refractivity contribution in [3.63, 3.8) is 0 Å². The summed E-state index contributed by atoms with van der Waals surface area (Å²) in [6.45, 7) is 3.05.